The molecule has 0 spiro atoms. The number of anilines is 1. The van der Waals surface area contributed by atoms with Crippen LogP contribution in [0.1, 0.15) is 10.4 Å². The molecule has 144 valence electrons. The molecule has 0 aliphatic heterocycles. The smallest absolute Gasteiger partial charge is 0.295 e. The molecular formula is C15H12N6O4S3. The van der Waals surface area contributed by atoms with Gasteiger partial charge in [-0.25, -0.2) is 4.68 Å². The summed E-state index contributed by atoms with van der Waals surface area (Å²) in [5.41, 5.74) is 0.922. The number of nitrogens with one attached hydrogen (secondary N) is 3. The zero-order valence-electron chi connectivity index (χ0n) is 13.9. The number of carbonyl (C=O) groups excluding carboxylic acids is 1. The van der Waals surface area contributed by atoms with Gasteiger partial charge in [0.15, 0.2) is 5.11 Å². The molecule has 0 bridgehead atoms. The monoisotopic (exact) mass is 436 g/mol. The Kier molecular flexibility index (Phi) is 5.60. The number of tetrazole rings is 1. The maximum absolute atomic E-state index is 12.4. The minimum atomic E-state index is -4.56. The standard InChI is InChI=1S/C15H12N6O4S3/c22-13(11-6-1-2-7-12(11)28(23,24)25)17-14(26)16-9-4-3-5-10(8-9)21-15(27)18-19-20-21/h1-8H,(H,18,20,27)(H,23,24,25)(H2,16,17,22,26). The normalized spacial score (nSPS) is 11.0. The summed E-state index contributed by atoms with van der Waals surface area (Å²) in [4.78, 5) is 11.8. The second-order valence-corrected chi connectivity index (χ2v) is 7.51. The number of benzene rings is 2. The van der Waals surface area contributed by atoms with E-state index in [0.717, 1.165) is 6.07 Å². The molecule has 0 saturated heterocycles. The van der Waals surface area contributed by atoms with Crippen LogP contribution in [0.2, 0.25) is 0 Å². The number of H-pyrrole nitrogens is 1. The largest absolute Gasteiger partial charge is 0.332 e. The van der Waals surface area contributed by atoms with Crippen molar-refractivity contribution in [1.82, 2.24) is 25.5 Å². The van der Waals surface area contributed by atoms with Crippen LogP contribution in [0, 0.1) is 4.77 Å². The zero-order chi connectivity index (χ0) is 20.3. The minimum Gasteiger partial charge on any atom is -0.332 e. The van der Waals surface area contributed by atoms with Crippen molar-refractivity contribution in [2.45, 2.75) is 4.90 Å². The van der Waals surface area contributed by atoms with Gasteiger partial charge in [0.25, 0.3) is 16.0 Å². The molecule has 0 unspecified atom stereocenters. The Bertz CT molecular complexity index is 1220. The number of aromatic amines is 1. The molecule has 0 aliphatic carbocycles. The summed E-state index contributed by atoms with van der Waals surface area (Å²) >= 11 is 10.1. The van der Waals surface area contributed by atoms with Crippen LogP contribution >= 0.6 is 24.4 Å². The van der Waals surface area contributed by atoms with E-state index in [2.05, 4.69) is 26.2 Å². The molecule has 0 radical (unpaired) electrons. The second-order valence-electron chi connectivity index (χ2n) is 5.35. The SMILES string of the molecule is O=C(NC(=S)Nc1cccc(-n2[nH]nnc2=S)c1)c1ccccc1S(=O)(=O)O. The van der Waals surface area contributed by atoms with Crippen LogP contribution in [0.3, 0.4) is 0 Å². The molecule has 1 amide bonds. The van der Waals surface area contributed by atoms with Crippen molar-refractivity contribution in [3.63, 3.8) is 0 Å². The van der Waals surface area contributed by atoms with Crippen molar-refractivity contribution >= 4 is 51.3 Å². The zero-order valence-corrected chi connectivity index (χ0v) is 16.3. The number of carbonyl (C=O) groups is 1. The Balaban J connectivity index is 1.76. The molecule has 0 atom stereocenters. The van der Waals surface area contributed by atoms with Gasteiger partial charge in [0, 0.05) is 5.69 Å². The van der Waals surface area contributed by atoms with E-state index in [-0.39, 0.29) is 15.4 Å². The Labute approximate surface area is 169 Å². The molecule has 3 aromatic rings. The molecule has 10 nitrogen and oxygen atoms in total. The van der Waals surface area contributed by atoms with E-state index in [0.29, 0.717) is 11.4 Å². The first-order chi connectivity index (χ1) is 13.3. The van der Waals surface area contributed by atoms with Gasteiger partial charge in [-0.2, -0.15) is 13.6 Å². The van der Waals surface area contributed by atoms with Crippen LogP contribution in [-0.2, 0) is 10.1 Å². The highest BCUT2D eigenvalue weighted by atomic mass is 32.2. The highest BCUT2D eigenvalue weighted by Gasteiger charge is 2.20. The van der Waals surface area contributed by atoms with E-state index in [4.69, 9.17) is 24.4 Å². The number of rotatable bonds is 4. The third-order valence-electron chi connectivity index (χ3n) is 3.47. The van der Waals surface area contributed by atoms with E-state index in [1.807, 2.05) is 0 Å². The fraction of sp³-hybridized carbons (Fsp3) is 0. The number of amides is 1. The third kappa shape index (κ3) is 4.45. The van der Waals surface area contributed by atoms with Crippen molar-refractivity contribution in [2.24, 2.45) is 0 Å². The van der Waals surface area contributed by atoms with E-state index < -0.39 is 20.9 Å². The van der Waals surface area contributed by atoms with Crippen molar-refractivity contribution in [3.8, 4) is 5.69 Å². The molecule has 4 N–H and O–H groups in total. The first kappa shape index (κ1) is 19.8. The van der Waals surface area contributed by atoms with Gasteiger partial charge in [-0.15, -0.1) is 0 Å². The lowest BCUT2D eigenvalue weighted by molar-refractivity contribution is 0.0974. The summed E-state index contributed by atoms with van der Waals surface area (Å²) < 4.78 is 33.8. The Morgan fingerprint density at radius 3 is 2.61 bits per heavy atom. The summed E-state index contributed by atoms with van der Waals surface area (Å²) in [6.07, 6.45) is 0. The lowest BCUT2D eigenvalue weighted by Crippen LogP contribution is -2.34. The summed E-state index contributed by atoms with van der Waals surface area (Å²) in [6, 6.07) is 12.1. The Morgan fingerprint density at radius 1 is 1.18 bits per heavy atom. The first-order valence-corrected chi connectivity index (χ1v) is 9.81. The highest BCUT2D eigenvalue weighted by molar-refractivity contribution is 7.86. The lowest BCUT2D eigenvalue weighted by atomic mass is 10.2. The second kappa shape index (κ2) is 7.93. The minimum absolute atomic E-state index is 0.0707. The van der Waals surface area contributed by atoms with E-state index in [1.54, 1.807) is 24.3 Å². The van der Waals surface area contributed by atoms with Crippen molar-refractivity contribution in [1.29, 1.82) is 0 Å². The maximum Gasteiger partial charge on any atom is 0.295 e. The summed E-state index contributed by atoms with van der Waals surface area (Å²) in [5, 5.41) is 15.0. The summed E-state index contributed by atoms with van der Waals surface area (Å²) in [5.74, 6) is -0.790. The number of aromatic nitrogens is 4. The molecule has 0 fully saturated rings. The Hall–Kier alpha value is -3.00. The lowest BCUT2D eigenvalue weighted by Gasteiger charge is -2.12. The average Bonchev–Trinajstić information content (AvgIpc) is 3.07. The average molecular weight is 437 g/mol. The van der Waals surface area contributed by atoms with Crippen LogP contribution in [0.4, 0.5) is 5.69 Å². The van der Waals surface area contributed by atoms with Gasteiger partial charge in [0.1, 0.15) is 4.90 Å². The fourth-order valence-corrected chi connectivity index (χ4v) is 3.39. The predicted octanol–water partition coefficient (Wildman–Crippen LogP) is 1.70. The molecule has 1 aromatic heterocycles. The van der Waals surface area contributed by atoms with Crippen LogP contribution in [0.15, 0.2) is 53.4 Å². The maximum atomic E-state index is 12.4. The molecule has 0 aliphatic rings. The molecule has 1 heterocycles. The predicted molar refractivity (Wildman–Crippen MR) is 106 cm³/mol. The fourth-order valence-electron chi connectivity index (χ4n) is 2.30. The van der Waals surface area contributed by atoms with Gasteiger partial charge < -0.3 is 5.32 Å². The van der Waals surface area contributed by atoms with Gasteiger partial charge in [-0.1, -0.05) is 28.5 Å². The first-order valence-electron chi connectivity index (χ1n) is 7.55. The van der Waals surface area contributed by atoms with Gasteiger partial charge in [0.2, 0.25) is 4.77 Å². The van der Waals surface area contributed by atoms with Gasteiger partial charge >= 0.3 is 0 Å². The van der Waals surface area contributed by atoms with Crippen LogP contribution in [0.5, 0.6) is 0 Å². The number of hydrogen-bond donors (Lipinski definition) is 4. The number of nitrogens with zero attached hydrogens (tertiary/aromatic N) is 3. The highest BCUT2D eigenvalue weighted by Crippen LogP contribution is 2.16. The summed E-state index contributed by atoms with van der Waals surface area (Å²) in [7, 11) is -4.56. The van der Waals surface area contributed by atoms with Crippen molar-refractivity contribution in [3.05, 3.63) is 58.9 Å². The quantitative estimate of drug-likeness (QED) is 0.355. The molecule has 28 heavy (non-hydrogen) atoms. The van der Waals surface area contributed by atoms with Gasteiger partial charge in [0.05, 0.1) is 11.3 Å². The van der Waals surface area contributed by atoms with E-state index >= 15 is 0 Å². The molecule has 3 rings (SSSR count). The molecule has 13 heteroatoms. The van der Waals surface area contributed by atoms with Crippen LogP contribution in [0.25, 0.3) is 5.69 Å². The van der Waals surface area contributed by atoms with E-state index in [9.17, 15) is 17.8 Å². The molecular weight excluding hydrogens is 424 g/mol. The van der Waals surface area contributed by atoms with Crippen LogP contribution < -0.4 is 10.6 Å². The van der Waals surface area contributed by atoms with Crippen LogP contribution in [-0.4, -0.2) is 44.2 Å². The Morgan fingerprint density at radius 2 is 1.93 bits per heavy atom. The third-order valence-corrected chi connectivity index (χ3v) is 4.85. The van der Waals surface area contributed by atoms with E-state index in [1.165, 1.54) is 22.9 Å². The van der Waals surface area contributed by atoms with Crippen molar-refractivity contribution in [2.75, 3.05) is 5.32 Å². The molecule has 2 aromatic carbocycles. The number of hydrogen-bond acceptors (Lipinski definition) is 7. The van der Waals surface area contributed by atoms with Crippen molar-refractivity contribution < 1.29 is 17.8 Å². The van der Waals surface area contributed by atoms with Gasteiger partial charge in [-0.3, -0.25) is 14.7 Å². The summed E-state index contributed by atoms with van der Waals surface area (Å²) in [6.45, 7) is 0. The molecule has 0 saturated carbocycles. The topological polar surface area (TPSA) is 142 Å². The van der Waals surface area contributed by atoms with Gasteiger partial charge in [-0.05, 0) is 54.8 Å². The number of thiocarbonyl (C=S) groups is 1.